The van der Waals surface area contributed by atoms with E-state index in [1.54, 1.807) is 0 Å². The molecule has 0 unspecified atom stereocenters. The van der Waals surface area contributed by atoms with E-state index in [9.17, 15) is 0 Å². The summed E-state index contributed by atoms with van der Waals surface area (Å²) in [5.41, 5.74) is 11.8. The average molecular weight is 209 g/mol. The molecule has 0 aromatic heterocycles. The number of nitrogens with zero attached hydrogens (tertiary/aromatic N) is 3. The summed E-state index contributed by atoms with van der Waals surface area (Å²) in [5.74, 6) is 6.15. The Morgan fingerprint density at radius 2 is 2.38 bits per heavy atom. The van der Waals surface area contributed by atoms with Crippen molar-refractivity contribution in [1.82, 2.24) is 0 Å². The van der Waals surface area contributed by atoms with Crippen molar-refractivity contribution < 1.29 is 0 Å². The Balaban J connectivity index is 2.11. The lowest BCUT2D eigenvalue weighted by Gasteiger charge is -2.00. The zero-order valence-corrected chi connectivity index (χ0v) is 8.85. The minimum Gasteiger partial charge on any atom is -0.0978 e. The largest absolute Gasteiger partial charge is 0.0978 e. The molecule has 0 amide bonds. The van der Waals surface area contributed by atoms with Gasteiger partial charge in [0, 0.05) is 23.4 Å². The van der Waals surface area contributed by atoms with Gasteiger partial charge in [-0.1, -0.05) is 41.2 Å². The van der Waals surface area contributed by atoms with Gasteiger partial charge in [-0.3, -0.25) is 0 Å². The number of rotatable bonds is 2. The van der Waals surface area contributed by atoms with E-state index >= 15 is 0 Å². The Bertz CT molecular complexity index is 526. The summed E-state index contributed by atoms with van der Waals surface area (Å²) in [6.45, 7) is 0.441. The van der Waals surface area contributed by atoms with Crippen LogP contribution in [0.4, 0.5) is 0 Å². The van der Waals surface area contributed by atoms with E-state index in [1.165, 1.54) is 11.1 Å². The molecule has 3 nitrogen and oxygen atoms in total. The van der Waals surface area contributed by atoms with Gasteiger partial charge in [0.05, 0.1) is 0 Å². The fraction of sp³-hybridized carbons (Fsp3) is 0.231. The van der Waals surface area contributed by atoms with Crippen molar-refractivity contribution in [1.29, 1.82) is 0 Å². The van der Waals surface area contributed by atoms with Crippen LogP contribution in [0.3, 0.4) is 0 Å². The summed E-state index contributed by atoms with van der Waals surface area (Å²) >= 11 is 0. The topological polar surface area (TPSA) is 48.8 Å². The summed E-state index contributed by atoms with van der Waals surface area (Å²) in [7, 11) is 0. The molecule has 0 atom stereocenters. The van der Waals surface area contributed by atoms with Crippen LogP contribution in [-0.2, 0) is 6.42 Å². The second-order valence-electron chi connectivity index (χ2n) is 3.49. The van der Waals surface area contributed by atoms with Crippen LogP contribution in [0, 0.1) is 11.8 Å². The first-order valence-corrected chi connectivity index (χ1v) is 5.20. The van der Waals surface area contributed by atoms with E-state index in [2.05, 4.69) is 40.1 Å². The monoisotopic (exact) mass is 209 g/mol. The third-order valence-corrected chi connectivity index (χ3v) is 2.45. The predicted octanol–water partition coefficient (Wildman–Crippen LogP) is 3.31. The Kier molecular flexibility index (Phi) is 3.28. The molecule has 1 aliphatic carbocycles. The van der Waals surface area contributed by atoms with Crippen molar-refractivity contribution in [2.24, 2.45) is 5.11 Å². The molecule has 3 heteroatoms. The molecule has 78 valence electrons. The van der Waals surface area contributed by atoms with Gasteiger partial charge < -0.3 is 0 Å². The number of hydrogen-bond donors (Lipinski definition) is 0. The summed E-state index contributed by atoms with van der Waals surface area (Å²) in [5, 5.41) is 3.44. The Hall–Kier alpha value is -2.17. The Morgan fingerprint density at radius 3 is 3.25 bits per heavy atom. The van der Waals surface area contributed by atoms with Gasteiger partial charge in [0.2, 0.25) is 0 Å². The van der Waals surface area contributed by atoms with Gasteiger partial charge in [0.1, 0.15) is 0 Å². The van der Waals surface area contributed by atoms with E-state index in [0.29, 0.717) is 13.0 Å². The highest BCUT2D eigenvalue weighted by molar-refractivity contribution is 5.64. The van der Waals surface area contributed by atoms with Gasteiger partial charge in [0.25, 0.3) is 0 Å². The minimum atomic E-state index is 0.441. The van der Waals surface area contributed by atoms with Crippen LogP contribution >= 0.6 is 0 Å². The van der Waals surface area contributed by atoms with Crippen LogP contribution < -0.4 is 0 Å². The molecule has 0 radical (unpaired) electrons. The zero-order valence-electron chi connectivity index (χ0n) is 8.85. The van der Waals surface area contributed by atoms with Crippen LogP contribution in [0.5, 0.6) is 0 Å². The molecule has 0 saturated heterocycles. The Morgan fingerprint density at radius 1 is 1.44 bits per heavy atom. The molecule has 0 heterocycles. The van der Waals surface area contributed by atoms with Gasteiger partial charge in [-0.15, -0.1) is 0 Å². The maximum atomic E-state index is 8.11. The van der Waals surface area contributed by atoms with Crippen molar-refractivity contribution in [3.8, 4) is 11.8 Å². The molecular weight excluding hydrogens is 198 g/mol. The van der Waals surface area contributed by atoms with Crippen LogP contribution in [0.2, 0.25) is 0 Å². The van der Waals surface area contributed by atoms with Gasteiger partial charge >= 0.3 is 0 Å². The Labute approximate surface area is 94.4 Å². The number of allylic oxidation sites excluding steroid dienone is 1. The molecular formula is C13H11N3. The third kappa shape index (κ3) is 2.25. The smallest absolute Gasteiger partial charge is 0.0367 e. The molecule has 0 spiro atoms. The SMILES string of the molecule is [N-]=[N+]=NCCC#Cc1cccc2c1CC=C2. The molecule has 16 heavy (non-hydrogen) atoms. The average Bonchev–Trinajstić information content (AvgIpc) is 2.77. The minimum absolute atomic E-state index is 0.441. The number of azide groups is 1. The predicted molar refractivity (Wildman–Crippen MR) is 64.7 cm³/mol. The summed E-state index contributed by atoms with van der Waals surface area (Å²) < 4.78 is 0. The van der Waals surface area contributed by atoms with Crippen molar-refractivity contribution in [3.63, 3.8) is 0 Å². The zero-order chi connectivity index (χ0) is 11.2. The standard InChI is InChI=1S/C13H11N3/c14-16-15-10-2-1-5-11-6-3-7-12-8-4-9-13(11)12/h3-4,6-8H,2,9-10H2. The van der Waals surface area contributed by atoms with Gasteiger partial charge in [0.15, 0.2) is 0 Å². The number of benzene rings is 1. The lowest BCUT2D eigenvalue weighted by atomic mass is 10.0. The molecule has 0 bridgehead atoms. The summed E-state index contributed by atoms with van der Waals surface area (Å²) in [6.07, 6.45) is 5.86. The highest BCUT2D eigenvalue weighted by Gasteiger charge is 2.07. The second-order valence-corrected chi connectivity index (χ2v) is 3.49. The van der Waals surface area contributed by atoms with E-state index in [1.807, 2.05) is 12.1 Å². The fourth-order valence-corrected chi connectivity index (χ4v) is 1.72. The lowest BCUT2D eigenvalue weighted by Crippen LogP contribution is -1.87. The first kappa shape index (κ1) is 10.4. The maximum Gasteiger partial charge on any atom is 0.0367 e. The lowest BCUT2D eigenvalue weighted by molar-refractivity contribution is 1.01. The van der Waals surface area contributed by atoms with E-state index in [-0.39, 0.29) is 0 Å². The molecule has 1 aromatic carbocycles. The van der Waals surface area contributed by atoms with E-state index in [4.69, 9.17) is 5.53 Å². The third-order valence-electron chi connectivity index (χ3n) is 2.45. The molecule has 1 aromatic rings. The van der Waals surface area contributed by atoms with Crippen molar-refractivity contribution >= 4 is 6.08 Å². The molecule has 0 fully saturated rings. The second kappa shape index (κ2) is 5.06. The normalized spacial score (nSPS) is 11.2. The van der Waals surface area contributed by atoms with Crippen LogP contribution in [-0.4, -0.2) is 6.54 Å². The van der Waals surface area contributed by atoms with Gasteiger partial charge in [-0.2, -0.15) is 0 Å². The molecule has 0 saturated carbocycles. The number of hydrogen-bond acceptors (Lipinski definition) is 1. The van der Waals surface area contributed by atoms with Crippen molar-refractivity contribution in [3.05, 3.63) is 51.4 Å². The van der Waals surface area contributed by atoms with Crippen molar-refractivity contribution in [2.45, 2.75) is 12.8 Å². The van der Waals surface area contributed by atoms with Crippen LogP contribution in [0.1, 0.15) is 23.1 Å². The molecule has 1 aliphatic rings. The molecule has 0 N–H and O–H groups in total. The first-order valence-electron chi connectivity index (χ1n) is 5.20. The van der Waals surface area contributed by atoms with E-state index < -0.39 is 0 Å². The van der Waals surface area contributed by atoms with Gasteiger partial charge in [-0.25, -0.2) is 0 Å². The van der Waals surface area contributed by atoms with Gasteiger partial charge in [-0.05, 0) is 29.1 Å². The summed E-state index contributed by atoms with van der Waals surface area (Å²) in [6, 6.07) is 6.16. The quantitative estimate of drug-likeness (QED) is 0.236. The van der Waals surface area contributed by atoms with Crippen molar-refractivity contribution in [2.75, 3.05) is 6.54 Å². The first-order chi connectivity index (χ1) is 7.92. The van der Waals surface area contributed by atoms with Crippen LogP contribution in [0.15, 0.2) is 29.4 Å². The van der Waals surface area contributed by atoms with Crippen LogP contribution in [0.25, 0.3) is 16.5 Å². The molecule has 0 aliphatic heterocycles. The fourth-order valence-electron chi connectivity index (χ4n) is 1.72. The maximum absolute atomic E-state index is 8.11. The highest BCUT2D eigenvalue weighted by Crippen LogP contribution is 2.22. The number of fused-ring (bicyclic) bond motifs is 1. The summed E-state index contributed by atoms with van der Waals surface area (Å²) in [4.78, 5) is 2.69. The van der Waals surface area contributed by atoms with E-state index in [0.717, 1.165) is 12.0 Å². The highest BCUT2D eigenvalue weighted by atomic mass is 15.1. The molecule has 2 rings (SSSR count).